The Morgan fingerprint density at radius 1 is 1.14 bits per heavy atom. The number of benzene rings is 1. The Labute approximate surface area is 130 Å². The van der Waals surface area contributed by atoms with E-state index in [0.29, 0.717) is 16.0 Å². The topological polar surface area (TPSA) is 88.2 Å². The summed E-state index contributed by atoms with van der Waals surface area (Å²) < 4.78 is 25.3. The van der Waals surface area contributed by atoms with Crippen molar-refractivity contribution in [1.82, 2.24) is 4.98 Å². The molecule has 0 radical (unpaired) electrons. The number of rotatable bonds is 4. The number of pyridine rings is 1. The van der Waals surface area contributed by atoms with Gasteiger partial charge in [0.15, 0.2) is 0 Å². The van der Waals surface area contributed by atoms with Crippen molar-refractivity contribution in [2.45, 2.75) is 0 Å². The van der Waals surface area contributed by atoms with Crippen LogP contribution < -0.4 is 10.0 Å². The number of carbonyl (C=O) groups excluding carboxylic acids is 1. The minimum Gasteiger partial charge on any atom is -0.321 e. The zero-order valence-electron chi connectivity index (χ0n) is 11.0. The summed E-state index contributed by atoms with van der Waals surface area (Å²) in [5, 5.41) is 2.65. The van der Waals surface area contributed by atoms with E-state index >= 15 is 0 Å². The first-order valence-electron chi connectivity index (χ1n) is 5.85. The number of halogens is 1. The van der Waals surface area contributed by atoms with E-state index in [9.17, 15) is 13.2 Å². The molecule has 1 aromatic carbocycles. The molecule has 1 aromatic heterocycles. The number of hydrogen-bond donors (Lipinski definition) is 2. The third-order valence-corrected chi connectivity index (χ3v) is 3.42. The van der Waals surface area contributed by atoms with Gasteiger partial charge in [-0.15, -0.1) is 0 Å². The van der Waals surface area contributed by atoms with E-state index in [1.807, 2.05) is 0 Å². The standard InChI is InChI=1S/C13H12BrN3O3S/c1-21(19,20)17-10-5-2-4-9(8-10)15-13(18)11-6-3-7-12(14)16-11/h2-8,17H,1H3,(H,15,18). The zero-order chi connectivity index (χ0) is 15.5. The van der Waals surface area contributed by atoms with Crippen LogP contribution >= 0.6 is 15.9 Å². The summed E-state index contributed by atoms with van der Waals surface area (Å²) in [6.45, 7) is 0. The van der Waals surface area contributed by atoms with Gasteiger partial charge in [-0.25, -0.2) is 13.4 Å². The first-order chi connectivity index (χ1) is 9.83. The number of anilines is 2. The molecule has 0 saturated heterocycles. The summed E-state index contributed by atoms with van der Waals surface area (Å²) in [6.07, 6.45) is 1.06. The molecule has 6 nitrogen and oxygen atoms in total. The van der Waals surface area contributed by atoms with Gasteiger partial charge in [0.1, 0.15) is 10.3 Å². The summed E-state index contributed by atoms with van der Waals surface area (Å²) in [7, 11) is -3.36. The molecule has 0 aliphatic rings. The van der Waals surface area contributed by atoms with Gasteiger partial charge in [0.05, 0.1) is 11.9 Å². The summed E-state index contributed by atoms with van der Waals surface area (Å²) in [5.74, 6) is -0.382. The largest absolute Gasteiger partial charge is 0.321 e. The summed E-state index contributed by atoms with van der Waals surface area (Å²) in [4.78, 5) is 16.1. The van der Waals surface area contributed by atoms with Gasteiger partial charge in [0, 0.05) is 5.69 Å². The average Bonchev–Trinajstić information content (AvgIpc) is 2.37. The van der Waals surface area contributed by atoms with E-state index in [2.05, 4.69) is 31.0 Å². The van der Waals surface area contributed by atoms with Gasteiger partial charge in [0.2, 0.25) is 10.0 Å². The Bertz CT molecular complexity index is 778. The fourth-order valence-corrected chi connectivity index (χ4v) is 2.50. The highest BCUT2D eigenvalue weighted by atomic mass is 79.9. The van der Waals surface area contributed by atoms with Crippen molar-refractivity contribution in [1.29, 1.82) is 0 Å². The number of nitrogens with one attached hydrogen (secondary N) is 2. The molecule has 0 aliphatic carbocycles. The molecule has 0 unspecified atom stereocenters. The fourth-order valence-electron chi connectivity index (χ4n) is 1.60. The van der Waals surface area contributed by atoms with Crippen molar-refractivity contribution in [2.24, 2.45) is 0 Å². The van der Waals surface area contributed by atoms with E-state index < -0.39 is 10.0 Å². The van der Waals surface area contributed by atoms with Crippen molar-refractivity contribution in [2.75, 3.05) is 16.3 Å². The van der Waals surface area contributed by atoms with E-state index in [1.165, 1.54) is 6.07 Å². The van der Waals surface area contributed by atoms with Crippen molar-refractivity contribution in [3.8, 4) is 0 Å². The maximum atomic E-state index is 12.0. The smallest absolute Gasteiger partial charge is 0.274 e. The average molecular weight is 370 g/mol. The van der Waals surface area contributed by atoms with E-state index in [-0.39, 0.29) is 11.6 Å². The van der Waals surface area contributed by atoms with Crippen LogP contribution in [0.15, 0.2) is 47.1 Å². The Morgan fingerprint density at radius 3 is 2.48 bits per heavy atom. The highest BCUT2D eigenvalue weighted by molar-refractivity contribution is 9.10. The molecule has 2 N–H and O–H groups in total. The van der Waals surface area contributed by atoms with Crippen LogP contribution in [0.5, 0.6) is 0 Å². The Morgan fingerprint density at radius 2 is 1.81 bits per heavy atom. The molecule has 1 heterocycles. The van der Waals surface area contributed by atoms with Gasteiger partial charge in [-0.05, 0) is 46.3 Å². The number of carbonyl (C=O) groups is 1. The molecule has 0 fully saturated rings. The van der Waals surface area contributed by atoms with Crippen LogP contribution in [0.1, 0.15) is 10.5 Å². The summed E-state index contributed by atoms with van der Waals surface area (Å²) >= 11 is 3.19. The molecule has 21 heavy (non-hydrogen) atoms. The SMILES string of the molecule is CS(=O)(=O)Nc1cccc(NC(=O)c2cccc(Br)n2)c1. The molecule has 0 saturated carbocycles. The number of nitrogens with zero attached hydrogens (tertiary/aromatic N) is 1. The summed E-state index contributed by atoms with van der Waals surface area (Å²) in [5.41, 5.74) is 1.10. The Balaban J connectivity index is 2.16. The van der Waals surface area contributed by atoms with Crippen molar-refractivity contribution < 1.29 is 13.2 Å². The van der Waals surface area contributed by atoms with Crippen molar-refractivity contribution >= 4 is 43.2 Å². The molecule has 0 spiro atoms. The molecule has 8 heteroatoms. The summed E-state index contributed by atoms with van der Waals surface area (Å²) in [6, 6.07) is 11.4. The van der Waals surface area contributed by atoms with Gasteiger partial charge in [0.25, 0.3) is 5.91 Å². The lowest BCUT2D eigenvalue weighted by molar-refractivity contribution is 0.102. The predicted molar refractivity (Wildman–Crippen MR) is 84.8 cm³/mol. The van der Waals surface area contributed by atoms with E-state index in [1.54, 1.807) is 36.4 Å². The van der Waals surface area contributed by atoms with Crippen molar-refractivity contribution in [3.63, 3.8) is 0 Å². The van der Waals surface area contributed by atoms with Crippen LogP contribution in [0.4, 0.5) is 11.4 Å². The van der Waals surface area contributed by atoms with Crippen molar-refractivity contribution in [3.05, 3.63) is 52.8 Å². The first-order valence-corrected chi connectivity index (χ1v) is 8.54. The van der Waals surface area contributed by atoms with Crippen LogP contribution in [0, 0.1) is 0 Å². The zero-order valence-corrected chi connectivity index (χ0v) is 13.4. The molecule has 0 atom stereocenters. The second-order valence-electron chi connectivity index (χ2n) is 4.25. The van der Waals surface area contributed by atoms with Crippen LogP contribution in [-0.2, 0) is 10.0 Å². The van der Waals surface area contributed by atoms with Crippen LogP contribution in [0.25, 0.3) is 0 Å². The number of aromatic nitrogens is 1. The van der Waals surface area contributed by atoms with Crippen LogP contribution in [-0.4, -0.2) is 25.6 Å². The minimum atomic E-state index is -3.36. The van der Waals surface area contributed by atoms with Crippen LogP contribution in [0.3, 0.4) is 0 Å². The Kier molecular flexibility index (Phi) is 4.59. The number of amides is 1. The van der Waals surface area contributed by atoms with Gasteiger partial charge >= 0.3 is 0 Å². The minimum absolute atomic E-state index is 0.255. The number of sulfonamides is 1. The quantitative estimate of drug-likeness (QED) is 0.810. The number of hydrogen-bond acceptors (Lipinski definition) is 4. The van der Waals surface area contributed by atoms with E-state index in [0.717, 1.165) is 6.26 Å². The predicted octanol–water partition coefficient (Wildman–Crippen LogP) is 2.47. The molecule has 0 aliphatic heterocycles. The highest BCUT2D eigenvalue weighted by Crippen LogP contribution is 2.17. The molecule has 2 aromatic rings. The van der Waals surface area contributed by atoms with Gasteiger partial charge in [-0.3, -0.25) is 9.52 Å². The highest BCUT2D eigenvalue weighted by Gasteiger charge is 2.09. The van der Waals surface area contributed by atoms with Gasteiger partial charge in [-0.2, -0.15) is 0 Å². The lowest BCUT2D eigenvalue weighted by atomic mass is 10.2. The second kappa shape index (κ2) is 6.23. The second-order valence-corrected chi connectivity index (χ2v) is 6.82. The fraction of sp³-hybridized carbons (Fsp3) is 0.0769. The Hall–Kier alpha value is -1.93. The van der Waals surface area contributed by atoms with E-state index in [4.69, 9.17) is 0 Å². The molecule has 1 amide bonds. The molecule has 0 bridgehead atoms. The molecule has 2 rings (SSSR count). The maximum Gasteiger partial charge on any atom is 0.274 e. The first kappa shape index (κ1) is 15.5. The molecular weight excluding hydrogens is 358 g/mol. The van der Waals surface area contributed by atoms with Gasteiger partial charge < -0.3 is 5.32 Å². The molecular formula is C13H12BrN3O3S. The lowest BCUT2D eigenvalue weighted by Crippen LogP contribution is -2.14. The molecule has 110 valence electrons. The third kappa shape index (κ3) is 4.83. The normalized spacial score (nSPS) is 11.0. The third-order valence-electron chi connectivity index (χ3n) is 2.37. The van der Waals surface area contributed by atoms with Crippen LogP contribution in [0.2, 0.25) is 0 Å². The monoisotopic (exact) mass is 369 g/mol. The maximum absolute atomic E-state index is 12.0. The lowest BCUT2D eigenvalue weighted by Gasteiger charge is -2.08. The van der Waals surface area contributed by atoms with Gasteiger partial charge in [-0.1, -0.05) is 12.1 Å².